The maximum Gasteiger partial charge on any atom is 0.285 e. The Morgan fingerprint density at radius 3 is 2.58 bits per heavy atom. The van der Waals surface area contributed by atoms with Crippen LogP contribution in [0.25, 0.3) is 0 Å². The first-order valence-electron chi connectivity index (χ1n) is 5.34. The third-order valence-electron chi connectivity index (χ3n) is 2.35. The van der Waals surface area contributed by atoms with Crippen LogP contribution in [-0.2, 0) is 0 Å². The lowest BCUT2D eigenvalue weighted by Crippen LogP contribution is -2.29. The molecule has 0 heterocycles. The molecule has 1 rings (SSSR count). The van der Waals surface area contributed by atoms with Crippen molar-refractivity contribution in [2.24, 2.45) is 5.92 Å². The van der Waals surface area contributed by atoms with Crippen LogP contribution in [0, 0.1) is 27.7 Å². The van der Waals surface area contributed by atoms with Crippen LogP contribution >= 0.6 is 11.6 Å². The smallest absolute Gasteiger partial charge is 0.285 e. The lowest BCUT2D eigenvalue weighted by atomic mass is 10.1. The van der Waals surface area contributed by atoms with E-state index in [0.717, 1.165) is 0 Å². The summed E-state index contributed by atoms with van der Waals surface area (Å²) in [6.45, 7) is 1.94. The van der Waals surface area contributed by atoms with Gasteiger partial charge in [0.05, 0.1) is 11.0 Å². The van der Waals surface area contributed by atoms with Crippen molar-refractivity contribution in [3.05, 3.63) is 39.4 Å². The summed E-state index contributed by atoms with van der Waals surface area (Å²) in [5.41, 5.74) is -1.31. The van der Waals surface area contributed by atoms with E-state index in [2.05, 4.69) is 5.32 Å². The second kappa shape index (κ2) is 6.42. The van der Waals surface area contributed by atoms with Gasteiger partial charge in [-0.1, -0.05) is 6.92 Å². The molecule has 1 aromatic rings. The predicted molar refractivity (Wildman–Crippen MR) is 65.2 cm³/mol. The Morgan fingerprint density at radius 2 is 2.05 bits per heavy atom. The number of halogens is 3. The number of hydrogen-bond acceptors (Lipinski definition) is 3. The second-order valence-corrected chi connectivity index (χ2v) is 4.32. The molecule has 8 heteroatoms. The highest BCUT2D eigenvalue weighted by atomic mass is 35.5. The maximum absolute atomic E-state index is 13.0. The standard InChI is InChI=1S/C11H11ClF2N2O3/c1-6(4-12)5-15-11(17)7-2-8(13)9(14)3-10(7)16(18)19/h2-3,6H,4-5H2,1H3,(H,15,17). The van der Waals surface area contributed by atoms with Gasteiger partial charge in [0, 0.05) is 12.4 Å². The van der Waals surface area contributed by atoms with Crippen LogP contribution in [0.4, 0.5) is 14.5 Å². The number of alkyl halides is 1. The van der Waals surface area contributed by atoms with Crippen molar-refractivity contribution in [2.45, 2.75) is 6.92 Å². The highest BCUT2D eigenvalue weighted by Crippen LogP contribution is 2.22. The topological polar surface area (TPSA) is 72.2 Å². The molecular formula is C11H11ClF2N2O3. The zero-order valence-corrected chi connectivity index (χ0v) is 10.7. The van der Waals surface area contributed by atoms with Crippen molar-refractivity contribution < 1.29 is 18.5 Å². The van der Waals surface area contributed by atoms with E-state index < -0.39 is 33.7 Å². The number of amides is 1. The normalized spacial score (nSPS) is 12.0. The SMILES string of the molecule is CC(CCl)CNC(=O)c1cc(F)c(F)cc1[N+](=O)[O-]. The molecule has 0 radical (unpaired) electrons. The molecule has 19 heavy (non-hydrogen) atoms. The first-order valence-corrected chi connectivity index (χ1v) is 5.87. The van der Waals surface area contributed by atoms with Crippen molar-refractivity contribution in [2.75, 3.05) is 12.4 Å². The molecule has 1 unspecified atom stereocenters. The van der Waals surface area contributed by atoms with Crippen molar-refractivity contribution in [3.63, 3.8) is 0 Å². The molecule has 0 spiro atoms. The second-order valence-electron chi connectivity index (χ2n) is 4.01. The number of nitro benzene ring substituents is 1. The number of benzene rings is 1. The van der Waals surface area contributed by atoms with Crippen LogP contribution in [0.1, 0.15) is 17.3 Å². The molecule has 0 fully saturated rings. The van der Waals surface area contributed by atoms with Gasteiger partial charge < -0.3 is 5.32 Å². The first-order chi connectivity index (χ1) is 8.86. The fourth-order valence-electron chi connectivity index (χ4n) is 1.29. The fraction of sp³-hybridized carbons (Fsp3) is 0.364. The van der Waals surface area contributed by atoms with Gasteiger partial charge in [0.15, 0.2) is 11.6 Å². The number of nitrogens with zero attached hydrogens (tertiary/aromatic N) is 1. The highest BCUT2D eigenvalue weighted by molar-refractivity contribution is 6.18. The van der Waals surface area contributed by atoms with E-state index in [1.54, 1.807) is 6.92 Å². The Bertz CT molecular complexity index is 511. The molecule has 104 valence electrons. The number of hydrogen-bond donors (Lipinski definition) is 1. The first kappa shape index (κ1) is 15.3. The zero-order chi connectivity index (χ0) is 14.6. The molecule has 1 atom stereocenters. The Balaban J connectivity index is 3.01. The molecule has 0 bridgehead atoms. The summed E-state index contributed by atoms with van der Waals surface area (Å²) >= 11 is 5.54. The summed E-state index contributed by atoms with van der Waals surface area (Å²) in [5.74, 6) is -3.30. The van der Waals surface area contributed by atoms with Crippen LogP contribution in [-0.4, -0.2) is 23.3 Å². The minimum atomic E-state index is -1.38. The summed E-state index contributed by atoms with van der Waals surface area (Å²) < 4.78 is 26.0. The van der Waals surface area contributed by atoms with E-state index in [-0.39, 0.29) is 12.5 Å². The zero-order valence-electron chi connectivity index (χ0n) is 9.95. The summed E-state index contributed by atoms with van der Waals surface area (Å²) in [6.07, 6.45) is 0. The molecule has 0 saturated heterocycles. The molecular weight excluding hydrogens is 282 g/mol. The summed E-state index contributed by atoms with van der Waals surface area (Å²) in [6, 6.07) is 0.892. The fourth-order valence-corrected chi connectivity index (χ4v) is 1.40. The summed E-state index contributed by atoms with van der Waals surface area (Å²) in [7, 11) is 0. The Kier molecular flexibility index (Phi) is 5.17. The van der Waals surface area contributed by atoms with Crippen molar-refractivity contribution in [1.82, 2.24) is 5.32 Å². The van der Waals surface area contributed by atoms with Gasteiger partial charge in [0.1, 0.15) is 5.56 Å². The summed E-state index contributed by atoms with van der Waals surface area (Å²) in [4.78, 5) is 21.5. The average molecular weight is 293 g/mol. The molecule has 1 aromatic carbocycles. The van der Waals surface area contributed by atoms with E-state index in [9.17, 15) is 23.7 Å². The van der Waals surface area contributed by atoms with Crippen LogP contribution < -0.4 is 5.32 Å². The van der Waals surface area contributed by atoms with E-state index in [4.69, 9.17) is 11.6 Å². The summed E-state index contributed by atoms with van der Waals surface area (Å²) in [5, 5.41) is 13.1. The largest absolute Gasteiger partial charge is 0.352 e. The molecule has 1 amide bonds. The lowest BCUT2D eigenvalue weighted by Gasteiger charge is -2.09. The molecule has 0 aromatic heterocycles. The third kappa shape index (κ3) is 3.85. The van der Waals surface area contributed by atoms with Crippen LogP contribution in [0.15, 0.2) is 12.1 Å². The Labute approximate surface area is 112 Å². The van der Waals surface area contributed by atoms with Gasteiger partial charge in [-0.05, 0) is 12.0 Å². The number of nitrogens with one attached hydrogen (secondary N) is 1. The van der Waals surface area contributed by atoms with Gasteiger partial charge >= 0.3 is 0 Å². The van der Waals surface area contributed by atoms with Gasteiger partial charge in [-0.25, -0.2) is 8.78 Å². The molecule has 5 nitrogen and oxygen atoms in total. The van der Waals surface area contributed by atoms with Crippen molar-refractivity contribution in [1.29, 1.82) is 0 Å². The van der Waals surface area contributed by atoms with Crippen LogP contribution in [0.3, 0.4) is 0 Å². The average Bonchev–Trinajstić information content (AvgIpc) is 2.37. The number of nitro groups is 1. The highest BCUT2D eigenvalue weighted by Gasteiger charge is 2.23. The maximum atomic E-state index is 13.0. The quantitative estimate of drug-likeness (QED) is 0.515. The third-order valence-corrected chi connectivity index (χ3v) is 2.88. The van der Waals surface area contributed by atoms with E-state index in [1.165, 1.54) is 0 Å². The Morgan fingerprint density at radius 1 is 1.47 bits per heavy atom. The molecule has 1 N–H and O–H groups in total. The van der Waals surface area contributed by atoms with Crippen molar-refractivity contribution in [3.8, 4) is 0 Å². The van der Waals surface area contributed by atoms with Gasteiger partial charge in [-0.3, -0.25) is 14.9 Å². The van der Waals surface area contributed by atoms with Gasteiger partial charge in [-0.2, -0.15) is 0 Å². The minimum absolute atomic E-state index is 0.0463. The van der Waals surface area contributed by atoms with Crippen LogP contribution in [0.2, 0.25) is 0 Å². The number of carbonyl (C=O) groups excluding carboxylic acids is 1. The lowest BCUT2D eigenvalue weighted by molar-refractivity contribution is -0.385. The molecule has 0 aliphatic carbocycles. The molecule has 0 aliphatic heterocycles. The van der Waals surface area contributed by atoms with Crippen LogP contribution in [0.5, 0.6) is 0 Å². The number of carbonyl (C=O) groups is 1. The van der Waals surface area contributed by atoms with E-state index >= 15 is 0 Å². The van der Waals surface area contributed by atoms with Crippen molar-refractivity contribution >= 4 is 23.2 Å². The molecule has 0 aliphatic rings. The van der Waals surface area contributed by atoms with Gasteiger partial charge in [-0.15, -0.1) is 11.6 Å². The van der Waals surface area contributed by atoms with E-state index in [1.807, 2.05) is 0 Å². The predicted octanol–water partition coefficient (Wildman–Crippen LogP) is 2.48. The minimum Gasteiger partial charge on any atom is -0.352 e. The van der Waals surface area contributed by atoms with Gasteiger partial charge in [0.2, 0.25) is 0 Å². The van der Waals surface area contributed by atoms with E-state index in [0.29, 0.717) is 18.0 Å². The van der Waals surface area contributed by atoms with Gasteiger partial charge in [0.25, 0.3) is 11.6 Å². The number of rotatable bonds is 5. The monoisotopic (exact) mass is 292 g/mol. The molecule has 0 saturated carbocycles. The Hall–Kier alpha value is -1.76.